The van der Waals surface area contributed by atoms with E-state index in [1.54, 1.807) is 16.9 Å². The third-order valence-electron chi connectivity index (χ3n) is 3.43. The van der Waals surface area contributed by atoms with Gasteiger partial charge in [0.2, 0.25) is 0 Å². The van der Waals surface area contributed by atoms with Gasteiger partial charge in [0.1, 0.15) is 0 Å². The van der Waals surface area contributed by atoms with Gasteiger partial charge in [0.05, 0.1) is 23.7 Å². The lowest BCUT2D eigenvalue weighted by atomic mass is 10.1. The molecule has 1 aromatic carbocycles. The van der Waals surface area contributed by atoms with E-state index in [4.69, 9.17) is 0 Å². The summed E-state index contributed by atoms with van der Waals surface area (Å²) in [6.45, 7) is 2.53. The number of carboxylic acids is 1. The Bertz CT molecular complexity index is 794. The monoisotopic (exact) mass is 281 g/mol. The van der Waals surface area contributed by atoms with Crippen molar-refractivity contribution in [1.29, 1.82) is 0 Å². The maximum atomic E-state index is 11.4. The Balaban J connectivity index is 2.12. The van der Waals surface area contributed by atoms with Crippen molar-refractivity contribution in [2.24, 2.45) is 0 Å². The molecule has 2 aromatic heterocycles. The predicted molar refractivity (Wildman–Crippen MR) is 79.4 cm³/mol. The van der Waals surface area contributed by atoms with Crippen molar-refractivity contribution in [2.75, 3.05) is 0 Å². The summed E-state index contributed by atoms with van der Waals surface area (Å²) in [6, 6.07) is 11.5. The minimum atomic E-state index is -0.948. The maximum absolute atomic E-state index is 11.4. The average Bonchev–Trinajstić information content (AvgIpc) is 2.90. The van der Waals surface area contributed by atoms with Gasteiger partial charge < -0.3 is 5.11 Å². The molecule has 5 nitrogen and oxygen atoms in total. The van der Waals surface area contributed by atoms with E-state index in [0.717, 1.165) is 11.3 Å². The van der Waals surface area contributed by atoms with Crippen LogP contribution in [0.1, 0.15) is 28.5 Å². The summed E-state index contributed by atoms with van der Waals surface area (Å²) in [5.41, 5.74) is 2.74. The van der Waals surface area contributed by atoms with Crippen molar-refractivity contribution in [3.8, 4) is 0 Å². The van der Waals surface area contributed by atoms with Crippen molar-refractivity contribution in [3.63, 3.8) is 0 Å². The second-order valence-corrected chi connectivity index (χ2v) is 4.84. The number of hydrogen-bond donors (Lipinski definition) is 1. The van der Waals surface area contributed by atoms with Gasteiger partial charge >= 0.3 is 5.97 Å². The zero-order valence-corrected chi connectivity index (χ0v) is 11.7. The molecule has 0 fully saturated rings. The highest BCUT2D eigenvalue weighted by Gasteiger charge is 2.15. The van der Waals surface area contributed by atoms with E-state index < -0.39 is 5.97 Å². The highest BCUT2D eigenvalue weighted by Crippen LogP contribution is 2.19. The first kappa shape index (κ1) is 13.3. The van der Waals surface area contributed by atoms with Crippen LogP contribution in [0.15, 0.2) is 42.6 Å². The summed E-state index contributed by atoms with van der Waals surface area (Å²) in [5, 5.41) is 14.2. The summed E-state index contributed by atoms with van der Waals surface area (Å²) in [5.74, 6) is -0.948. The molecule has 0 aliphatic carbocycles. The van der Waals surface area contributed by atoms with Crippen LogP contribution < -0.4 is 0 Å². The molecule has 106 valence electrons. The summed E-state index contributed by atoms with van der Waals surface area (Å²) in [7, 11) is 0. The number of pyridine rings is 1. The normalized spacial score (nSPS) is 10.9. The van der Waals surface area contributed by atoms with E-state index in [2.05, 4.69) is 10.1 Å². The Labute approximate surface area is 121 Å². The van der Waals surface area contributed by atoms with Crippen molar-refractivity contribution in [2.45, 2.75) is 19.9 Å². The number of rotatable bonds is 4. The fraction of sp³-hybridized carbons (Fsp3) is 0.188. The molecule has 3 rings (SSSR count). The van der Waals surface area contributed by atoms with E-state index in [1.807, 2.05) is 37.3 Å². The van der Waals surface area contributed by atoms with E-state index in [1.165, 1.54) is 0 Å². The third kappa shape index (κ3) is 2.50. The number of carboxylic acid groups (broad SMARTS) is 1. The first-order valence-corrected chi connectivity index (χ1v) is 6.81. The number of hydrogen-bond acceptors (Lipinski definition) is 3. The van der Waals surface area contributed by atoms with Crippen LogP contribution in [-0.2, 0) is 13.0 Å². The largest absolute Gasteiger partial charge is 0.478 e. The number of nitrogens with zero attached hydrogens (tertiary/aromatic N) is 3. The standard InChI is InChI=1S/C16H15N3O2/c1-2-12-8-13(16(20)21)14-9-17-19(15(14)18-12)10-11-6-4-3-5-7-11/h3-9H,2,10H2,1H3,(H,20,21). The lowest BCUT2D eigenvalue weighted by Gasteiger charge is -2.06. The second kappa shape index (κ2) is 5.36. The van der Waals surface area contributed by atoms with E-state index in [0.29, 0.717) is 24.0 Å². The Hall–Kier alpha value is -2.69. The molecule has 0 unspecified atom stereocenters. The summed E-state index contributed by atoms with van der Waals surface area (Å²) < 4.78 is 1.75. The molecule has 3 aromatic rings. The molecule has 0 spiro atoms. The topological polar surface area (TPSA) is 68.0 Å². The number of fused-ring (bicyclic) bond motifs is 1. The van der Waals surface area contributed by atoms with Gasteiger partial charge in [-0.15, -0.1) is 0 Å². The van der Waals surface area contributed by atoms with Crippen molar-refractivity contribution in [1.82, 2.24) is 14.8 Å². The Morgan fingerprint density at radius 3 is 2.71 bits per heavy atom. The molecule has 2 heterocycles. The van der Waals surface area contributed by atoms with Gasteiger partial charge in [0.15, 0.2) is 5.65 Å². The van der Waals surface area contributed by atoms with E-state index >= 15 is 0 Å². The van der Waals surface area contributed by atoms with Gasteiger partial charge in [-0.05, 0) is 18.1 Å². The van der Waals surface area contributed by atoms with Crippen LogP contribution >= 0.6 is 0 Å². The molecule has 0 aliphatic heterocycles. The highest BCUT2D eigenvalue weighted by molar-refractivity contribution is 6.01. The molecule has 0 aliphatic rings. The zero-order valence-electron chi connectivity index (χ0n) is 11.7. The van der Waals surface area contributed by atoms with Gasteiger partial charge in [-0.25, -0.2) is 14.5 Å². The Kier molecular flexibility index (Phi) is 3.39. The average molecular weight is 281 g/mol. The predicted octanol–water partition coefficient (Wildman–Crippen LogP) is 2.74. The molecule has 0 saturated carbocycles. The van der Waals surface area contributed by atoms with Gasteiger partial charge in [-0.1, -0.05) is 37.3 Å². The van der Waals surface area contributed by atoms with Gasteiger partial charge in [-0.2, -0.15) is 5.10 Å². The molecular weight excluding hydrogens is 266 g/mol. The lowest BCUT2D eigenvalue weighted by Crippen LogP contribution is -2.05. The summed E-state index contributed by atoms with van der Waals surface area (Å²) in [4.78, 5) is 15.9. The Morgan fingerprint density at radius 2 is 2.05 bits per heavy atom. The molecule has 0 saturated heterocycles. The first-order valence-electron chi connectivity index (χ1n) is 6.81. The van der Waals surface area contributed by atoms with Crippen molar-refractivity contribution in [3.05, 3.63) is 59.4 Å². The quantitative estimate of drug-likeness (QED) is 0.798. The maximum Gasteiger partial charge on any atom is 0.336 e. The van der Waals surface area contributed by atoms with Gasteiger partial charge in [0.25, 0.3) is 0 Å². The summed E-state index contributed by atoms with van der Waals surface area (Å²) in [6.07, 6.45) is 2.26. The van der Waals surface area contributed by atoms with Gasteiger partial charge in [-0.3, -0.25) is 0 Å². The molecule has 0 atom stereocenters. The molecule has 0 radical (unpaired) electrons. The van der Waals surface area contributed by atoms with Crippen LogP contribution in [0, 0.1) is 0 Å². The molecule has 0 amide bonds. The Morgan fingerprint density at radius 1 is 1.29 bits per heavy atom. The van der Waals surface area contributed by atoms with Crippen LogP contribution in [0.4, 0.5) is 0 Å². The van der Waals surface area contributed by atoms with Crippen LogP contribution in [-0.4, -0.2) is 25.8 Å². The molecular formula is C16H15N3O2. The van der Waals surface area contributed by atoms with Crippen LogP contribution in [0.25, 0.3) is 11.0 Å². The minimum absolute atomic E-state index is 0.260. The number of aromatic carboxylic acids is 1. The SMILES string of the molecule is CCc1cc(C(=O)O)c2cnn(Cc3ccccc3)c2n1. The fourth-order valence-corrected chi connectivity index (χ4v) is 2.33. The fourth-order valence-electron chi connectivity index (χ4n) is 2.33. The highest BCUT2D eigenvalue weighted by atomic mass is 16.4. The zero-order chi connectivity index (χ0) is 14.8. The third-order valence-corrected chi connectivity index (χ3v) is 3.43. The molecule has 5 heteroatoms. The van der Waals surface area contributed by atoms with E-state index in [-0.39, 0.29) is 5.56 Å². The van der Waals surface area contributed by atoms with E-state index in [9.17, 15) is 9.90 Å². The molecule has 0 bridgehead atoms. The minimum Gasteiger partial charge on any atom is -0.478 e. The summed E-state index contributed by atoms with van der Waals surface area (Å²) >= 11 is 0. The van der Waals surface area contributed by atoms with Crippen molar-refractivity contribution >= 4 is 17.0 Å². The van der Waals surface area contributed by atoms with Crippen LogP contribution in [0.3, 0.4) is 0 Å². The van der Waals surface area contributed by atoms with Crippen LogP contribution in [0.2, 0.25) is 0 Å². The number of aryl methyl sites for hydroxylation is 1. The van der Waals surface area contributed by atoms with Crippen molar-refractivity contribution < 1.29 is 9.90 Å². The number of carbonyl (C=O) groups is 1. The second-order valence-electron chi connectivity index (χ2n) is 4.84. The lowest BCUT2D eigenvalue weighted by molar-refractivity contribution is 0.0699. The number of benzene rings is 1. The first-order chi connectivity index (χ1) is 10.2. The molecule has 21 heavy (non-hydrogen) atoms. The smallest absolute Gasteiger partial charge is 0.336 e. The van der Waals surface area contributed by atoms with Crippen LogP contribution in [0.5, 0.6) is 0 Å². The molecule has 1 N–H and O–H groups in total. The number of aromatic nitrogens is 3. The van der Waals surface area contributed by atoms with Gasteiger partial charge in [0, 0.05) is 5.69 Å².